The van der Waals surface area contributed by atoms with Gasteiger partial charge in [0.25, 0.3) is 0 Å². The zero-order valence-electron chi connectivity index (χ0n) is 10.4. The Morgan fingerprint density at radius 2 is 1.85 bits per heavy atom. The van der Waals surface area contributed by atoms with E-state index in [0.717, 1.165) is 17.7 Å². The molecule has 0 fully saturated rings. The molecule has 0 spiro atoms. The fourth-order valence-electron chi connectivity index (χ4n) is 2.39. The van der Waals surface area contributed by atoms with Gasteiger partial charge >= 0.3 is 6.18 Å². The molecule has 104 valence electrons. The van der Waals surface area contributed by atoms with Crippen LogP contribution in [0.15, 0.2) is 42.5 Å². The Bertz CT molecular complexity index is 652. The number of nitrogens with two attached hydrogens (primary N) is 1. The first-order chi connectivity index (χ1) is 9.45. The summed E-state index contributed by atoms with van der Waals surface area (Å²) in [6.45, 7) is 0. The first-order valence-electron chi connectivity index (χ1n) is 6.16. The predicted molar refractivity (Wildman–Crippen MR) is 69.4 cm³/mol. The first-order valence-corrected chi connectivity index (χ1v) is 6.16. The lowest BCUT2D eigenvalue weighted by Gasteiger charge is -2.14. The number of hydrogen-bond acceptors (Lipinski definition) is 2. The number of halogens is 3. The molecule has 20 heavy (non-hydrogen) atoms. The Morgan fingerprint density at radius 1 is 1.10 bits per heavy atom. The minimum absolute atomic E-state index is 0.419. The highest BCUT2D eigenvalue weighted by atomic mass is 19.4. The van der Waals surface area contributed by atoms with Crippen molar-refractivity contribution in [3.8, 4) is 5.75 Å². The lowest BCUT2D eigenvalue weighted by atomic mass is 10.0. The van der Waals surface area contributed by atoms with E-state index < -0.39 is 17.8 Å². The van der Waals surface area contributed by atoms with E-state index in [1.54, 1.807) is 12.1 Å². The number of anilines is 1. The average Bonchev–Trinajstić information content (AvgIpc) is 2.83. The maximum Gasteiger partial charge on any atom is 0.416 e. The largest absolute Gasteiger partial charge is 0.483 e. The van der Waals surface area contributed by atoms with Crippen LogP contribution in [0.1, 0.15) is 22.8 Å². The average molecular weight is 279 g/mol. The summed E-state index contributed by atoms with van der Waals surface area (Å²) in [6, 6.07) is 10.6. The van der Waals surface area contributed by atoms with E-state index in [-0.39, 0.29) is 0 Å². The van der Waals surface area contributed by atoms with E-state index in [4.69, 9.17) is 10.5 Å². The zero-order valence-corrected chi connectivity index (χ0v) is 10.4. The summed E-state index contributed by atoms with van der Waals surface area (Å²) in [5, 5.41) is 0. The molecular weight excluding hydrogens is 267 g/mol. The normalized spacial score (nSPS) is 17.6. The van der Waals surface area contributed by atoms with Crippen LogP contribution < -0.4 is 10.5 Å². The third kappa shape index (κ3) is 2.19. The van der Waals surface area contributed by atoms with Gasteiger partial charge in [-0.2, -0.15) is 13.2 Å². The van der Waals surface area contributed by atoms with E-state index in [2.05, 4.69) is 0 Å². The Labute approximate surface area is 114 Å². The first kappa shape index (κ1) is 12.8. The maximum atomic E-state index is 12.7. The second-order valence-electron chi connectivity index (χ2n) is 4.77. The molecule has 0 saturated carbocycles. The van der Waals surface area contributed by atoms with Crippen LogP contribution in [-0.4, -0.2) is 0 Å². The smallest absolute Gasteiger partial charge is 0.416 e. The standard InChI is InChI=1S/C15H12F3NO/c16-15(17,18)11-5-1-3-9(7-11)13-8-10-4-2-6-12(19)14(10)20-13/h1-7,13H,8,19H2. The van der Waals surface area contributed by atoms with Crippen LogP contribution in [0.3, 0.4) is 0 Å². The lowest BCUT2D eigenvalue weighted by molar-refractivity contribution is -0.137. The van der Waals surface area contributed by atoms with Crippen molar-refractivity contribution in [1.29, 1.82) is 0 Å². The summed E-state index contributed by atoms with van der Waals surface area (Å²) < 4.78 is 43.9. The third-order valence-corrected chi connectivity index (χ3v) is 3.38. The molecule has 2 nitrogen and oxygen atoms in total. The van der Waals surface area contributed by atoms with Gasteiger partial charge in [-0.05, 0) is 23.8 Å². The molecule has 0 aromatic heterocycles. The van der Waals surface area contributed by atoms with Crippen LogP contribution in [0.4, 0.5) is 18.9 Å². The topological polar surface area (TPSA) is 35.2 Å². The molecule has 2 N–H and O–H groups in total. The van der Waals surface area contributed by atoms with E-state index in [1.807, 2.05) is 12.1 Å². The summed E-state index contributed by atoms with van der Waals surface area (Å²) in [5.74, 6) is 0.579. The minimum Gasteiger partial charge on any atom is -0.483 e. The molecule has 1 heterocycles. The SMILES string of the molecule is Nc1cccc2c1OC(c1cccc(C(F)(F)F)c1)C2. The van der Waals surface area contributed by atoms with Crippen LogP contribution in [0.2, 0.25) is 0 Å². The highest BCUT2D eigenvalue weighted by Crippen LogP contribution is 2.41. The van der Waals surface area contributed by atoms with Gasteiger partial charge < -0.3 is 10.5 Å². The van der Waals surface area contributed by atoms with Crippen molar-refractivity contribution in [2.24, 2.45) is 0 Å². The molecule has 1 aliphatic rings. The number of nitrogen functional groups attached to an aromatic ring is 1. The highest BCUT2D eigenvalue weighted by Gasteiger charge is 2.32. The maximum absolute atomic E-state index is 12.7. The van der Waals surface area contributed by atoms with E-state index in [1.165, 1.54) is 6.07 Å². The molecule has 0 amide bonds. The van der Waals surface area contributed by atoms with Gasteiger partial charge in [0.2, 0.25) is 0 Å². The van der Waals surface area contributed by atoms with E-state index >= 15 is 0 Å². The quantitative estimate of drug-likeness (QED) is 0.802. The molecule has 2 aromatic rings. The molecule has 0 saturated heterocycles. The fraction of sp³-hybridized carbons (Fsp3) is 0.200. The summed E-state index contributed by atoms with van der Waals surface area (Å²) in [7, 11) is 0. The molecule has 1 atom stereocenters. The second kappa shape index (κ2) is 4.44. The summed E-state index contributed by atoms with van der Waals surface area (Å²) in [4.78, 5) is 0. The molecule has 2 aromatic carbocycles. The minimum atomic E-state index is -4.35. The Kier molecular flexibility index (Phi) is 2.85. The van der Waals surface area contributed by atoms with Crippen molar-refractivity contribution < 1.29 is 17.9 Å². The second-order valence-corrected chi connectivity index (χ2v) is 4.77. The van der Waals surface area contributed by atoms with Crippen molar-refractivity contribution in [3.63, 3.8) is 0 Å². The summed E-state index contributed by atoms with van der Waals surface area (Å²) >= 11 is 0. The Balaban J connectivity index is 1.92. The van der Waals surface area contributed by atoms with Crippen LogP contribution >= 0.6 is 0 Å². The molecule has 1 aliphatic heterocycles. The van der Waals surface area contributed by atoms with Crippen molar-refractivity contribution in [3.05, 3.63) is 59.2 Å². The number of para-hydroxylation sites is 1. The number of fused-ring (bicyclic) bond motifs is 1. The van der Waals surface area contributed by atoms with Crippen LogP contribution in [0, 0.1) is 0 Å². The predicted octanol–water partition coefficient (Wildman–Crippen LogP) is 3.96. The molecule has 0 radical (unpaired) electrons. The van der Waals surface area contributed by atoms with Crippen molar-refractivity contribution in [2.45, 2.75) is 18.7 Å². The monoisotopic (exact) mass is 279 g/mol. The van der Waals surface area contributed by atoms with Gasteiger partial charge in [-0.15, -0.1) is 0 Å². The van der Waals surface area contributed by atoms with Crippen LogP contribution in [0.5, 0.6) is 5.75 Å². The molecule has 3 rings (SSSR count). The van der Waals surface area contributed by atoms with Crippen LogP contribution in [0.25, 0.3) is 0 Å². The summed E-state index contributed by atoms with van der Waals surface area (Å²) in [6.07, 6.45) is -4.24. The Morgan fingerprint density at radius 3 is 2.55 bits per heavy atom. The molecule has 1 unspecified atom stereocenters. The number of rotatable bonds is 1. The van der Waals surface area contributed by atoms with Gasteiger partial charge in [-0.25, -0.2) is 0 Å². The zero-order chi connectivity index (χ0) is 14.3. The van der Waals surface area contributed by atoms with Crippen molar-refractivity contribution >= 4 is 5.69 Å². The molecule has 0 bridgehead atoms. The van der Waals surface area contributed by atoms with Crippen molar-refractivity contribution in [2.75, 3.05) is 5.73 Å². The fourth-order valence-corrected chi connectivity index (χ4v) is 2.39. The number of alkyl halides is 3. The number of hydrogen-bond donors (Lipinski definition) is 1. The van der Waals surface area contributed by atoms with E-state index in [0.29, 0.717) is 23.4 Å². The molecule has 0 aliphatic carbocycles. The van der Waals surface area contributed by atoms with E-state index in [9.17, 15) is 13.2 Å². The molecular formula is C15H12F3NO. The number of ether oxygens (including phenoxy) is 1. The van der Waals surface area contributed by atoms with Gasteiger partial charge in [-0.3, -0.25) is 0 Å². The number of benzene rings is 2. The van der Waals surface area contributed by atoms with Gasteiger partial charge in [0.05, 0.1) is 11.3 Å². The summed E-state index contributed by atoms with van der Waals surface area (Å²) in [5.41, 5.74) is 7.09. The van der Waals surface area contributed by atoms with Gasteiger partial charge in [0.15, 0.2) is 0 Å². The Hall–Kier alpha value is -2.17. The van der Waals surface area contributed by atoms with Crippen molar-refractivity contribution in [1.82, 2.24) is 0 Å². The molecule has 5 heteroatoms. The lowest BCUT2D eigenvalue weighted by Crippen LogP contribution is -2.08. The van der Waals surface area contributed by atoms with Crippen LogP contribution in [-0.2, 0) is 12.6 Å². The highest BCUT2D eigenvalue weighted by molar-refractivity contribution is 5.59. The van der Waals surface area contributed by atoms with Gasteiger partial charge in [-0.1, -0.05) is 24.3 Å². The van der Waals surface area contributed by atoms with Gasteiger partial charge in [0, 0.05) is 12.0 Å². The van der Waals surface area contributed by atoms with Gasteiger partial charge in [0.1, 0.15) is 11.9 Å². The third-order valence-electron chi connectivity index (χ3n) is 3.38.